The lowest BCUT2D eigenvalue weighted by Gasteiger charge is -2.20. The summed E-state index contributed by atoms with van der Waals surface area (Å²) in [6.45, 7) is 3.94. The summed E-state index contributed by atoms with van der Waals surface area (Å²) in [5.41, 5.74) is 0.582. The Morgan fingerprint density at radius 2 is 1.77 bits per heavy atom. The van der Waals surface area contributed by atoms with Gasteiger partial charge in [-0.15, -0.1) is 0 Å². The van der Waals surface area contributed by atoms with E-state index in [1.165, 1.54) is 22.5 Å². The largest absolute Gasteiger partial charge is 0.324 e. The Morgan fingerprint density at radius 3 is 2.42 bits per heavy atom. The van der Waals surface area contributed by atoms with Gasteiger partial charge >= 0.3 is 0 Å². The maximum Gasteiger partial charge on any atom is 0.255 e. The number of amides is 1. The zero-order chi connectivity index (χ0) is 22.6. The van der Waals surface area contributed by atoms with Crippen molar-refractivity contribution in [3.05, 3.63) is 78.1 Å². The zero-order valence-corrected chi connectivity index (χ0v) is 18.0. The smallest absolute Gasteiger partial charge is 0.255 e. The van der Waals surface area contributed by atoms with Crippen molar-refractivity contribution < 1.29 is 22.0 Å². The minimum atomic E-state index is -4.07. The third-order valence-electron chi connectivity index (χ3n) is 4.68. The first-order valence-electron chi connectivity index (χ1n) is 9.81. The summed E-state index contributed by atoms with van der Waals surface area (Å²) in [5, 5.41) is 2.52. The summed E-state index contributed by atoms with van der Waals surface area (Å²) >= 11 is 0. The van der Waals surface area contributed by atoms with Crippen molar-refractivity contribution in [3.8, 4) is 5.69 Å². The molecule has 164 valence electrons. The van der Waals surface area contributed by atoms with Crippen molar-refractivity contribution in [2.24, 2.45) is 0 Å². The number of nitrogens with one attached hydrogen (secondary N) is 1. The summed E-state index contributed by atoms with van der Waals surface area (Å²) in [6.07, 6.45) is 4.00. The van der Waals surface area contributed by atoms with Gasteiger partial charge < -0.3 is 9.88 Å². The number of carbonyl (C=O) groups is 1. The van der Waals surface area contributed by atoms with E-state index < -0.39 is 32.5 Å². The lowest BCUT2D eigenvalue weighted by atomic mass is 10.1. The molecular formula is C22H23F2N3O3S. The Labute approximate surface area is 180 Å². The molecule has 0 aliphatic rings. The highest BCUT2D eigenvalue weighted by Crippen LogP contribution is 2.24. The molecule has 1 N–H and O–H groups in total. The number of nitrogens with zero attached hydrogens (tertiary/aromatic N) is 2. The molecule has 0 saturated carbocycles. The first-order valence-corrected chi connectivity index (χ1v) is 11.2. The molecule has 2 aromatic carbocycles. The van der Waals surface area contributed by atoms with Gasteiger partial charge in [-0.2, -0.15) is 4.31 Å². The van der Waals surface area contributed by atoms with Crippen molar-refractivity contribution in [2.75, 3.05) is 18.4 Å². The van der Waals surface area contributed by atoms with Gasteiger partial charge in [0.2, 0.25) is 10.0 Å². The van der Waals surface area contributed by atoms with Crippen LogP contribution in [0.5, 0.6) is 0 Å². The number of hydrogen-bond acceptors (Lipinski definition) is 3. The SMILES string of the molecule is CCCN(CC)S(=O)(=O)c1cc(NC(=O)c2cc(F)cc(-n3cccc3)c2)ccc1F. The topological polar surface area (TPSA) is 71.4 Å². The quantitative estimate of drug-likeness (QED) is 0.555. The Morgan fingerprint density at radius 1 is 1.06 bits per heavy atom. The fourth-order valence-electron chi connectivity index (χ4n) is 3.18. The molecule has 1 aromatic heterocycles. The molecule has 0 saturated heterocycles. The monoisotopic (exact) mass is 447 g/mol. The lowest BCUT2D eigenvalue weighted by Crippen LogP contribution is -2.32. The molecule has 1 amide bonds. The van der Waals surface area contributed by atoms with Crippen LogP contribution in [-0.4, -0.2) is 36.3 Å². The number of carbonyl (C=O) groups excluding carboxylic acids is 1. The molecule has 6 nitrogen and oxygen atoms in total. The van der Waals surface area contributed by atoms with Crippen molar-refractivity contribution in [1.82, 2.24) is 8.87 Å². The molecule has 1 heterocycles. The third-order valence-corrected chi connectivity index (χ3v) is 6.67. The average Bonchev–Trinajstić information content (AvgIpc) is 3.27. The molecule has 0 spiro atoms. The fourth-order valence-corrected chi connectivity index (χ4v) is 4.81. The van der Waals surface area contributed by atoms with Crippen molar-refractivity contribution in [3.63, 3.8) is 0 Å². The average molecular weight is 448 g/mol. The molecule has 0 aliphatic heterocycles. The zero-order valence-electron chi connectivity index (χ0n) is 17.2. The van der Waals surface area contributed by atoms with Crippen LogP contribution in [0, 0.1) is 11.6 Å². The summed E-state index contributed by atoms with van der Waals surface area (Å²) in [5.74, 6) is -2.16. The second-order valence-electron chi connectivity index (χ2n) is 6.88. The number of aromatic nitrogens is 1. The van der Waals surface area contributed by atoms with Gasteiger partial charge in [0.15, 0.2) is 0 Å². The first kappa shape index (κ1) is 22.6. The van der Waals surface area contributed by atoms with Crippen LogP contribution in [0.2, 0.25) is 0 Å². The Balaban J connectivity index is 1.90. The minimum absolute atomic E-state index is 0.0404. The van der Waals surface area contributed by atoms with E-state index in [1.807, 2.05) is 6.92 Å². The Kier molecular flexibility index (Phi) is 6.87. The summed E-state index contributed by atoms with van der Waals surface area (Å²) in [6, 6.07) is 10.7. The van der Waals surface area contributed by atoms with Crippen LogP contribution in [0.15, 0.2) is 65.8 Å². The Hall–Kier alpha value is -3.04. The van der Waals surface area contributed by atoms with E-state index in [9.17, 15) is 22.0 Å². The molecule has 0 radical (unpaired) electrons. The number of halogens is 2. The molecular weight excluding hydrogens is 424 g/mol. The van der Waals surface area contributed by atoms with Crippen LogP contribution in [0.3, 0.4) is 0 Å². The van der Waals surface area contributed by atoms with E-state index in [1.54, 1.807) is 36.0 Å². The van der Waals surface area contributed by atoms with E-state index in [4.69, 9.17) is 0 Å². The molecule has 0 aliphatic carbocycles. The minimum Gasteiger partial charge on any atom is -0.324 e. The van der Waals surface area contributed by atoms with Crippen LogP contribution >= 0.6 is 0 Å². The van der Waals surface area contributed by atoms with Gasteiger partial charge in [-0.05, 0) is 55.0 Å². The normalized spacial score (nSPS) is 11.6. The maximum atomic E-state index is 14.4. The molecule has 3 rings (SSSR count). The summed E-state index contributed by atoms with van der Waals surface area (Å²) in [4.78, 5) is 12.2. The van der Waals surface area contributed by atoms with E-state index in [-0.39, 0.29) is 24.3 Å². The van der Waals surface area contributed by atoms with Crippen LogP contribution in [0.1, 0.15) is 30.6 Å². The fraction of sp³-hybridized carbons (Fsp3) is 0.227. The molecule has 0 fully saturated rings. The standard InChI is InChI=1S/C22H23F2N3O3S/c1-3-9-27(4-2)31(29,30)21-15-18(7-8-20(21)24)25-22(28)16-12-17(23)14-19(13-16)26-10-5-6-11-26/h5-8,10-15H,3-4,9H2,1-2H3,(H,25,28). The van der Waals surface area contributed by atoms with Gasteiger partial charge in [0, 0.05) is 42.4 Å². The maximum absolute atomic E-state index is 14.4. The van der Waals surface area contributed by atoms with E-state index >= 15 is 0 Å². The predicted molar refractivity (Wildman–Crippen MR) is 115 cm³/mol. The first-order chi connectivity index (χ1) is 14.8. The highest BCUT2D eigenvalue weighted by atomic mass is 32.2. The van der Waals surface area contributed by atoms with E-state index in [0.29, 0.717) is 12.1 Å². The number of anilines is 1. The number of benzene rings is 2. The highest BCUT2D eigenvalue weighted by Gasteiger charge is 2.26. The van der Waals surface area contributed by atoms with Crippen LogP contribution < -0.4 is 5.32 Å². The second-order valence-corrected chi connectivity index (χ2v) is 8.79. The highest BCUT2D eigenvalue weighted by molar-refractivity contribution is 7.89. The van der Waals surface area contributed by atoms with E-state index in [0.717, 1.165) is 18.2 Å². The molecule has 31 heavy (non-hydrogen) atoms. The predicted octanol–water partition coefficient (Wildman–Crippen LogP) is 4.43. The van der Waals surface area contributed by atoms with Crippen molar-refractivity contribution >= 4 is 21.6 Å². The van der Waals surface area contributed by atoms with Gasteiger partial charge in [0.25, 0.3) is 5.91 Å². The molecule has 9 heteroatoms. The van der Waals surface area contributed by atoms with Gasteiger partial charge in [0.05, 0.1) is 0 Å². The summed E-state index contributed by atoms with van der Waals surface area (Å²) < 4.78 is 56.9. The van der Waals surface area contributed by atoms with Crippen LogP contribution in [-0.2, 0) is 10.0 Å². The number of sulfonamides is 1. The lowest BCUT2D eigenvalue weighted by molar-refractivity contribution is 0.102. The molecule has 0 unspecified atom stereocenters. The number of hydrogen-bond donors (Lipinski definition) is 1. The van der Waals surface area contributed by atoms with E-state index in [2.05, 4.69) is 5.32 Å². The van der Waals surface area contributed by atoms with Gasteiger partial charge in [-0.3, -0.25) is 4.79 Å². The third kappa shape index (κ3) is 5.00. The Bertz CT molecular complexity index is 1180. The molecule has 0 bridgehead atoms. The van der Waals surface area contributed by atoms with Gasteiger partial charge in [-0.25, -0.2) is 17.2 Å². The van der Waals surface area contributed by atoms with Gasteiger partial charge in [-0.1, -0.05) is 13.8 Å². The van der Waals surface area contributed by atoms with Crippen LogP contribution in [0.4, 0.5) is 14.5 Å². The number of rotatable bonds is 8. The molecule has 3 aromatic rings. The summed E-state index contributed by atoms with van der Waals surface area (Å²) in [7, 11) is -4.07. The van der Waals surface area contributed by atoms with Crippen molar-refractivity contribution in [1.29, 1.82) is 0 Å². The van der Waals surface area contributed by atoms with Gasteiger partial charge in [0.1, 0.15) is 16.5 Å². The second kappa shape index (κ2) is 9.40. The van der Waals surface area contributed by atoms with Crippen LogP contribution in [0.25, 0.3) is 5.69 Å². The van der Waals surface area contributed by atoms with Crippen molar-refractivity contribution in [2.45, 2.75) is 25.2 Å². The molecule has 0 atom stereocenters.